The molecule has 5 nitrogen and oxygen atoms in total. The van der Waals surface area contributed by atoms with E-state index in [9.17, 15) is 8.42 Å². The average molecular weight is 250 g/mol. The lowest BCUT2D eigenvalue weighted by atomic mass is 10.2. The van der Waals surface area contributed by atoms with Crippen LogP contribution in [-0.4, -0.2) is 56.5 Å². The van der Waals surface area contributed by atoms with Crippen molar-refractivity contribution in [3.05, 3.63) is 0 Å². The Morgan fingerprint density at radius 1 is 1.50 bits per heavy atom. The van der Waals surface area contributed by atoms with Crippen LogP contribution < -0.4 is 4.72 Å². The van der Waals surface area contributed by atoms with Gasteiger partial charge in [0.25, 0.3) is 0 Å². The topological polar surface area (TPSA) is 69.6 Å². The lowest BCUT2D eigenvalue weighted by molar-refractivity contribution is 0.267. The molecule has 16 heavy (non-hydrogen) atoms. The zero-order valence-corrected chi connectivity index (χ0v) is 10.7. The second-order valence-corrected chi connectivity index (χ2v) is 6.10. The predicted octanol–water partition coefficient (Wildman–Crippen LogP) is -0.227. The molecule has 1 saturated heterocycles. The number of hydrogen-bond acceptors (Lipinski definition) is 4. The monoisotopic (exact) mass is 250 g/mol. The fraction of sp³-hybridized carbons (Fsp3) is 1.00. The number of sulfonamides is 1. The van der Waals surface area contributed by atoms with Gasteiger partial charge >= 0.3 is 0 Å². The molecule has 1 unspecified atom stereocenters. The Morgan fingerprint density at radius 3 is 2.88 bits per heavy atom. The first-order chi connectivity index (χ1) is 7.59. The Balaban J connectivity index is 2.33. The van der Waals surface area contributed by atoms with Gasteiger partial charge in [-0.1, -0.05) is 6.92 Å². The maximum atomic E-state index is 11.5. The standard InChI is InChI=1S/C10H22N2O3S/c1-2-12-6-3-5-10(12)9-11-16(14,15)8-4-7-13/h10-11,13H,2-9H2,1H3. The summed E-state index contributed by atoms with van der Waals surface area (Å²) < 4.78 is 25.6. The van der Waals surface area contributed by atoms with Crippen molar-refractivity contribution in [2.24, 2.45) is 0 Å². The van der Waals surface area contributed by atoms with Crippen molar-refractivity contribution >= 4 is 10.0 Å². The molecule has 1 rings (SSSR count). The lowest BCUT2D eigenvalue weighted by Gasteiger charge is -2.22. The second kappa shape index (κ2) is 6.54. The number of nitrogens with zero attached hydrogens (tertiary/aromatic N) is 1. The van der Waals surface area contributed by atoms with Crippen molar-refractivity contribution in [2.75, 3.05) is 32.0 Å². The third kappa shape index (κ3) is 4.37. The van der Waals surface area contributed by atoms with Gasteiger partial charge in [-0.2, -0.15) is 0 Å². The SMILES string of the molecule is CCN1CCCC1CNS(=O)(=O)CCCO. The molecule has 0 aliphatic carbocycles. The molecule has 0 radical (unpaired) electrons. The van der Waals surface area contributed by atoms with Crippen molar-refractivity contribution in [1.82, 2.24) is 9.62 Å². The highest BCUT2D eigenvalue weighted by molar-refractivity contribution is 7.89. The molecule has 0 bridgehead atoms. The fourth-order valence-corrected chi connectivity index (χ4v) is 3.19. The third-order valence-electron chi connectivity index (χ3n) is 3.02. The maximum absolute atomic E-state index is 11.5. The van der Waals surface area contributed by atoms with Gasteiger partial charge in [-0.25, -0.2) is 13.1 Å². The number of aliphatic hydroxyl groups excluding tert-OH is 1. The van der Waals surface area contributed by atoms with Crippen molar-refractivity contribution < 1.29 is 13.5 Å². The van der Waals surface area contributed by atoms with E-state index in [2.05, 4.69) is 16.5 Å². The smallest absolute Gasteiger partial charge is 0.211 e. The van der Waals surface area contributed by atoms with Crippen LogP contribution in [0.25, 0.3) is 0 Å². The van der Waals surface area contributed by atoms with Gasteiger partial charge in [0.05, 0.1) is 5.75 Å². The molecule has 2 N–H and O–H groups in total. The molecule has 0 saturated carbocycles. The van der Waals surface area contributed by atoms with Gasteiger partial charge in [0.1, 0.15) is 0 Å². The van der Waals surface area contributed by atoms with Gasteiger partial charge in [-0.3, -0.25) is 4.90 Å². The summed E-state index contributed by atoms with van der Waals surface area (Å²) in [6.45, 7) is 4.56. The van der Waals surface area contributed by atoms with Crippen molar-refractivity contribution in [1.29, 1.82) is 0 Å². The minimum absolute atomic E-state index is 0.0162. The molecule has 1 heterocycles. The Bertz CT molecular complexity index is 292. The average Bonchev–Trinajstić information content (AvgIpc) is 2.71. The van der Waals surface area contributed by atoms with Crippen LogP contribution in [0.1, 0.15) is 26.2 Å². The first-order valence-electron chi connectivity index (χ1n) is 5.91. The van der Waals surface area contributed by atoms with E-state index in [1.54, 1.807) is 0 Å². The molecule has 0 aromatic rings. The van der Waals surface area contributed by atoms with Gasteiger partial charge in [-0.05, 0) is 32.4 Å². The maximum Gasteiger partial charge on any atom is 0.211 e. The van der Waals surface area contributed by atoms with Gasteiger partial charge < -0.3 is 5.11 Å². The van der Waals surface area contributed by atoms with E-state index in [1.807, 2.05) is 0 Å². The summed E-state index contributed by atoms with van der Waals surface area (Å²) in [6, 6.07) is 0.342. The molecule has 0 spiro atoms. The number of aliphatic hydroxyl groups is 1. The quantitative estimate of drug-likeness (QED) is 0.655. The molecule has 96 valence electrons. The molecular weight excluding hydrogens is 228 g/mol. The number of likely N-dealkylation sites (N-methyl/N-ethyl adjacent to an activating group) is 1. The Labute approximate surface area is 97.9 Å². The lowest BCUT2D eigenvalue weighted by Crippen LogP contribution is -2.40. The Morgan fingerprint density at radius 2 is 2.25 bits per heavy atom. The molecule has 6 heteroatoms. The molecule has 0 amide bonds. The Kier molecular flexibility index (Phi) is 5.68. The second-order valence-electron chi connectivity index (χ2n) is 4.17. The molecule has 1 fully saturated rings. The van der Waals surface area contributed by atoms with E-state index in [0.29, 0.717) is 19.0 Å². The van der Waals surface area contributed by atoms with Crippen LogP contribution in [0, 0.1) is 0 Å². The highest BCUT2D eigenvalue weighted by Gasteiger charge is 2.24. The van der Waals surface area contributed by atoms with Crippen LogP contribution in [0.5, 0.6) is 0 Å². The van der Waals surface area contributed by atoms with Gasteiger partial charge in [-0.15, -0.1) is 0 Å². The summed E-state index contributed by atoms with van der Waals surface area (Å²) in [6.07, 6.45) is 2.52. The number of hydrogen-bond donors (Lipinski definition) is 2. The minimum atomic E-state index is -3.20. The summed E-state index contributed by atoms with van der Waals surface area (Å²) in [7, 11) is -3.20. The summed E-state index contributed by atoms with van der Waals surface area (Å²) in [5.74, 6) is 0.0162. The number of rotatable bonds is 7. The molecular formula is C10H22N2O3S. The largest absolute Gasteiger partial charge is 0.396 e. The number of likely N-dealkylation sites (tertiary alicyclic amines) is 1. The third-order valence-corrected chi connectivity index (χ3v) is 4.45. The Hall–Kier alpha value is -0.170. The molecule has 0 aromatic heterocycles. The highest BCUT2D eigenvalue weighted by atomic mass is 32.2. The van der Waals surface area contributed by atoms with Crippen LogP contribution in [0.3, 0.4) is 0 Å². The van der Waals surface area contributed by atoms with Crippen molar-refractivity contribution in [2.45, 2.75) is 32.2 Å². The molecule has 1 aliphatic heterocycles. The molecule has 0 aromatic carbocycles. The molecule has 1 aliphatic rings. The van der Waals surface area contributed by atoms with Crippen molar-refractivity contribution in [3.8, 4) is 0 Å². The van der Waals surface area contributed by atoms with Crippen molar-refractivity contribution in [3.63, 3.8) is 0 Å². The zero-order chi connectivity index (χ0) is 12.0. The number of nitrogens with one attached hydrogen (secondary N) is 1. The summed E-state index contributed by atoms with van der Waals surface area (Å²) in [5.41, 5.74) is 0. The van der Waals surface area contributed by atoms with Crippen LogP contribution in [0.4, 0.5) is 0 Å². The summed E-state index contributed by atoms with van der Waals surface area (Å²) in [4.78, 5) is 2.30. The van der Waals surface area contributed by atoms with E-state index >= 15 is 0 Å². The van der Waals surface area contributed by atoms with Crippen LogP contribution in [0.2, 0.25) is 0 Å². The zero-order valence-electron chi connectivity index (χ0n) is 9.85. The van der Waals surface area contributed by atoms with E-state index in [0.717, 1.165) is 25.9 Å². The first kappa shape index (κ1) is 13.9. The van der Waals surface area contributed by atoms with Crippen LogP contribution >= 0.6 is 0 Å². The van der Waals surface area contributed by atoms with E-state index in [1.165, 1.54) is 0 Å². The molecule has 1 atom stereocenters. The van der Waals surface area contributed by atoms with E-state index in [-0.39, 0.29) is 12.4 Å². The van der Waals surface area contributed by atoms with Crippen LogP contribution in [0.15, 0.2) is 0 Å². The van der Waals surface area contributed by atoms with E-state index < -0.39 is 10.0 Å². The fourth-order valence-electron chi connectivity index (χ4n) is 2.09. The predicted molar refractivity (Wildman–Crippen MR) is 63.8 cm³/mol. The van der Waals surface area contributed by atoms with Gasteiger partial charge in [0, 0.05) is 19.2 Å². The highest BCUT2D eigenvalue weighted by Crippen LogP contribution is 2.15. The minimum Gasteiger partial charge on any atom is -0.396 e. The van der Waals surface area contributed by atoms with Crippen LogP contribution in [-0.2, 0) is 10.0 Å². The van der Waals surface area contributed by atoms with E-state index in [4.69, 9.17) is 5.11 Å². The normalized spacial score (nSPS) is 22.8. The first-order valence-corrected chi connectivity index (χ1v) is 7.56. The summed E-state index contributed by atoms with van der Waals surface area (Å²) >= 11 is 0. The van der Waals surface area contributed by atoms with Gasteiger partial charge in [0.2, 0.25) is 10.0 Å². The van der Waals surface area contributed by atoms with Gasteiger partial charge in [0.15, 0.2) is 0 Å². The summed E-state index contributed by atoms with van der Waals surface area (Å²) in [5, 5.41) is 8.59.